The number of fused-ring (bicyclic) bond motifs is 2. The van der Waals surface area contributed by atoms with E-state index in [0.29, 0.717) is 29.1 Å². The van der Waals surface area contributed by atoms with Crippen molar-refractivity contribution in [3.05, 3.63) is 77.9 Å². The molecule has 1 aliphatic heterocycles. The van der Waals surface area contributed by atoms with E-state index in [4.69, 9.17) is 14.0 Å². The predicted molar refractivity (Wildman–Crippen MR) is 103 cm³/mol. The van der Waals surface area contributed by atoms with E-state index in [2.05, 4.69) is 10.5 Å². The first-order valence-corrected chi connectivity index (χ1v) is 8.89. The normalized spacial score (nSPS) is 12.3. The minimum atomic E-state index is -0.177. The van der Waals surface area contributed by atoms with Crippen LogP contribution in [0.3, 0.4) is 0 Å². The Balaban J connectivity index is 1.34. The summed E-state index contributed by atoms with van der Waals surface area (Å²) in [5.74, 6) is 1.94. The number of carbonyl (C=O) groups is 1. The summed E-state index contributed by atoms with van der Waals surface area (Å²) < 4.78 is 16.2. The second-order valence-corrected chi connectivity index (χ2v) is 6.48. The van der Waals surface area contributed by atoms with Crippen LogP contribution in [0.15, 0.2) is 71.3 Å². The topological polar surface area (TPSA) is 73.6 Å². The fraction of sp³-hybridized carbons (Fsp3) is 0.0909. The number of hydrogen-bond donors (Lipinski definition) is 1. The quantitative estimate of drug-likeness (QED) is 0.582. The van der Waals surface area contributed by atoms with Crippen molar-refractivity contribution in [2.45, 2.75) is 6.54 Å². The van der Waals surface area contributed by atoms with Crippen molar-refractivity contribution in [3.63, 3.8) is 0 Å². The number of rotatable bonds is 4. The molecule has 0 radical (unpaired) electrons. The number of amides is 1. The molecule has 0 bridgehead atoms. The van der Waals surface area contributed by atoms with Gasteiger partial charge in [-0.25, -0.2) is 0 Å². The van der Waals surface area contributed by atoms with Gasteiger partial charge in [-0.15, -0.1) is 0 Å². The molecule has 0 saturated heterocycles. The number of aromatic nitrogens is 1. The minimum Gasteiger partial charge on any atom is -0.454 e. The van der Waals surface area contributed by atoms with Crippen LogP contribution in [0.2, 0.25) is 0 Å². The van der Waals surface area contributed by atoms with Crippen molar-refractivity contribution in [2.75, 3.05) is 6.79 Å². The third-order valence-corrected chi connectivity index (χ3v) is 4.67. The highest BCUT2D eigenvalue weighted by Gasteiger charge is 2.15. The zero-order valence-electron chi connectivity index (χ0n) is 14.8. The van der Waals surface area contributed by atoms with Crippen LogP contribution < -0.4 is 14.8 Å². The van der Waals surface area contributed by atoms with Crippen LogP contribution >= 0.6 is 0 Å². The molecule has 1 aromatic heterocycles. The molecule has 0 saturated carbocycles. The van der Waals surface area contributed by atoms with Crippen molar-refractivity contribution in [3.8, 4) is 22.8 Å². The van der Waals surface area contributed by atoms with Gasteiger partial charge in [-0.3, -0.25) is 4.79 Å². The maximum Gasteiger partial charge on any atom is 0.251 e. The number of nitrogens with zero attached hydrogens (tertiary/aromatic N) is 1. The van der Waals surface area contributed by atoms with Crippen LogP contribution in [0.1, 0.15) is 15.9 Å². The summed E-state index contributed by atoms with van der Waals surface area (Å²) >= 11 is 0. The van der Waals surface area contributed by atoms with E-state index < -0.39 is 0 Å². The summed E-state index contributed by atoms with van der Waals surface area (Å²) in [6, 6.07) is 20.8. The lowest BCUT2D eigenvalue weighted by Gasteiger charge is -2.06. The minimum absolute atomic E-state index is 0.177. The summed E-state index contributed by atoms with van der Waals surface area (Å²) in [5.41, 5.74) is 3.06. The highest BCUT2D eigenvalue weighted by Crippen LogP contribution is 2.32. The third kappa shape index (κ3) is 2.95. The van der Waals surface area contributed by atoms with Gasteiger partial charge < -0.3 is 19.3 Å². The van der Waals surface area contributed by atoms with E-state index in [-0.39, 0.29) is 12.7 Å². The van der Waals surface area contributed by atoms with Gasteiger partial charge in [0.1, 0.15) is 5.52 Å². The highest BCUT2D eigenvalue weighted by atomic mass is 16.7. The smallest absolute Gasteiger partial charge is 0.251 e. The van der Waals surface area contributed by atoms with Gasteiger partial charge in [0, 0.05) is 23.1 Å². The highest BCUT2D eigenvalue weighted by molar-refractivity contribution is 6.00. The first-order chi connectivity index (χ1) is 13.8. The lowest BCUT2D eigenvalue weighted by molar-refractivity contribution is 0.0951. The molecule has 1 aliphatic rings. The van der Waals surface area contributed by atoms with E-state index in [0.717, 1.165) is 22.3 Å². The summed E-state index contributed by atoms with van der Waals surface area (Å²) in [6.07, 6.45) is 0. The molecule has 6 nitrogen and oxygen atoms in total. The van der Waals surface area contributed by atoms with Gasteiger partial charge in [-0.1, -0.05) is 41.6 Å². The molecule has 4 aromatic rings. The molecule has 1 amide bonds. The van der Waals surface area contributed by atoms with Gasteiger partial charge in [0.05, 0.1) is 0 Å². The maximum absolute atomic E-state index is 12.5. The monoisotopic (exact) mass is 372 g/mol. The molecule has 0 unspecified atom stereocenters. The first kappa shape index (κ1) is 16.4. The number of carbonyl (C=O) groups excluding carboxylic acids is 1. The van der Waals surface area contributed by atoms with Crippen molar-refractivity contribution in [1.82, 2.24) is 10.5 Å². The summed E-state index contributed by atoms with van der Waals surface area (Å²) in [6.45, 7) is 0.620. The van der Waals surface area contributed by atoms with E-state index in [1.54, 1.807) is 12.1 Å². The molecular formula is C22H16N2O4. The number of hydrogen-bond acceptors (Lipinski definition) is 5. The molecule has 0 fully saturated rings. The summed E-state index contributed by atoms with van der Waals surface area (Å²) in [4.78, 5) is 12.5. The number of benzene rings is 3. The Labute approximate surface area is 160 Å². The van der Waals surface area contributed by atoms with Crippen LogP contribution in [0, 0.1) is 0 Å². The molecule has 138 valence electrons. The Morgan fingerprint density at radius 1 is 0.964 bits per heavy atom. The Morgan fingerprint density at radius 3 is 2.71 bits per heavy atom. The third-order valence-electron chi connectivity index (χ3n) is 4.67. The van der Waals surface area contributed by atoms with E-state index in [1.807, 2.05) is 54.6 Å². The summed E-state index contributed by atoms with van der Waals surface area (Å²) in [5, 5.41) is 7.90. The number of nitrogens with one attached hydrogen (secondary N) is 1. The average Bonchev–Trinajstić information content (AvgIpc) is 3.38. The van der Waals surface area contributed by atoms with Crippen molar-refractivity contribution < 1.29 is 18.8 Å². The molecule has 6 heteroatoms. The van der Waals surface area contributed by atoms with Gasteiger partial charge >= 0.3 is 0 Å². The molecular weight excluding hydrogens is 356 g/mol. The van der Waals surface area contributed by atoms with Crippen LogP contribution in [0.5, 0.6) is 11.5 Å². The van der Waals surface area contributed by atoms with Crippen LogP contribution in [0.4, 0.5) is 0 Å². The lowest BCUT2D eigenvalue weighted by Crippen LogP contribution is -2.22. The van der Waals surface area contributed by atoms with Gasteiger partial charge in [-0.2, -0.15) is 0 Å². The van der Waals surface area contributed by atoms with Crippen molar-refractivity contribution >= 4 is 16.8 Å². The fourth-order valence-electron chi connectivity index (χ4n) is 3.22. The van der Waals surface area contributed by atoms with Gasteiger partial charge in [0.15, 0.2) is 17.3 Å². The average molecular weight is 372 g/mol. The van der Waals surface area contributed by atoms with Crippen molar-refractivity contribution in [2.24, 2.45) is 0 Å². The van der Waals surface area contributed by atoms with E-state index in [1.165, 1.54) is 0 Å². The fourth-order valence-corrected chi connectivity index (χ4v) is 3.22. The molecule has 28 heavy (non-hydrogen) atoms. The zero-order chi connectivity index (χ0) is 18.9. The van der Waals surface area contributed by atoms with Crippen molar-refractivity contribution in [1.29, 1.82) is 0 Å². The summed E-state index contributed by atoms with van der Waals surface area (Å²) in [7, 11) is 0. The maximum atomic E-state index is 12.5. The van der Waals surface area contributed by atoms with Gasteiger partial charge in [-0.05, 0) is 35.9 Å². The Bertz CT molecular complexity index is 1170. The second kappa shape index (κ2) is 6.74. The number of ether oxygens (including phenoxy) is 2. The molecule has 0 spiro atoms. The molecule has 0 aliphatic carbocycles. The van der Waals surface area contributed by atoms with Crippen LogP contribution in [-0.2, 0) is 6.54 Å². The van der Waals surface area contributed by atoms with Gasteiger partial charge in [0.25, 0.3) is 5.91 Å². The van der Waals surface area contributed by atoms with E-state index in [9.17, 15) is 4.79 Å². The molecule has 2 heterocycles. The molecule has 5 rings (SSSR count). The predicted octanol–water partition coefficient (Wildman–Crippen LogP) is 4.15. The van der Waals surface area contributed by atoms with Crippen LogP contribution in [-0.4, -0.2) is 17.9 Å². The Kier molecular flexibility index (Phi) is 3.94. The first-order valence-electron chi connectivity index (χ1n) is 8.89. The molecule has 0 atom stereocenters. The molecule has 3 aromatic carbocycles. The van der Waals surface area contributed by atoms with E-state index >= 15 is 0 Å². The van der Waals surface area contributed by atoms with Crippen LogP contribution in [0.25, 0.3) is 22.2 Å². The SMILES string of the molecule is O=C(NCc1ccc2c(c1)OCO2)c1ccc2c(-c3ccccc3)onc2c1. The largest absolute Gasteiger partial charge is 0.454 e. The van der Waals surface area contributed by atoms with Gasteiger partial charge in [0.2, 0.25) is 6.79 Å². The Hall–Kier alpha value is -3.80. The molecule has 1 N–H and O–H groups in total. The lowest BCUT2D eigenvalue weighted by atomic mass is 10.1. The standard InChI is InChI=1S/C22H16N2O4/c25-22(23-12-14-6-9-19-20(10-14)27-13-26-19)16-7-8-17-18(11-16)24-28-21(17)15-4-2-1-3-5-15/h1-11H,12-13H2,(H,23,25). The Morgan fingerprint density at radius 2 is 1.82 bits per heavy atom. The zero-order valence-corrected chi connectivity index (χ0v) is 14.8. The second-order valence-electron chi connectivity index (χ2n) is 6.48.